The number of anilines is 1. The second-order valence-corrected chi connectivity index (χ2v) is 5.51. The monoisotopic (exact) mass is 266 g/mol. The van der Waals surface area contributed by atoms with E-state index in [-0.39, 0.29) is 6.04 Å². The molecule has 1 aromatic heterocycles. The Balaban J connectivity index is 2.27. The first-order valence-corrected chi connectivity index (χ1v) is 7.13. The minimum Gasteiger partial charge on any atom is -0.379 e. The Morgan fingerprint density at radius 3 is 2.89 bits per heavy atom. The maximum absolute atomic E-state index is 6.13. The maximum atomic E-state index is 6.13. The van der Waals surface area contributed by atoms with E-state index < -0.39 is 0 Å². The summed E-state index contributed by atoms with van der Waals surface area (Å²) in [6, 6.07) is 0.654. The molecule has 1 aromatic rings. The average molecular weight is 266 g/mol. The quantitative estimate of drug-likeness (QED) is 0.871. The van der Waals surface area contributed by atoms with Gasteiger partial charge < -0.3 is 15.4 Å². The van der Waals surface area contributed by atoms with Crippen molar-refractivity contribution in [1.82, 2.24) is 9.78 Å². The average Bonchev–Trinajstić information content (AvgIpc) is 2.98. The third kappa shape index (κ3) is 2.92. The Morgan fingerprint density at radius 1 is 1.58 bits per heavy atom. The van der Waals surface area contributed by atoms with Crippen LogP contribution in [-0.4, -0.2) is 42.1 Å². The van der Waals surface area contributed by atoms with Gasteiger partial charge in [-0.1, -0.05) is 6.92 Å². The summed E-state index contributed by atoms with van der Waals surface area (Å²) in [4.78, 5) is 2.31. The van der Waals surface area contributed by atoms with E-state index in [4.69, 9.17) is 10.5 Å². The van der Waals surface area contributed by atoms with Crippen molar-refractivity contribution in [1.29, 1.82) is 0 Å². The molecule has 2 N–H and O–H groups in total. The Hall–Kier alpha value is -1.07. The smallest absolute Gasteiger partial charge is 0.130 e. The van der Waals surface area contributed by atoms with Gasteiger partial charge in [0.1, 0.15) is 5.82 Å². The lowest BCUT2D eigenvalue weighted by molar-refractivity contribution is 0.193. The molecular formula is C14H26N4O. The number of likely N-dealkylation sites (N-methyl/N-ethyl adjacent to an activating group) is 1. The number of nitrogens with two attached hydrogens (primary N) is 1. The summed E-state index contributed by atoms with van der Waals surface area (Å²) in [6.45, 7) is 5.86. The molecule has 0 radical (unpaired) electrons. The van der Waals surface area contributed by atoms with Gasteiger partial charge in [-0.05, 0) is 26.2 Å². The third-order valence-electron chi connectivity index (χ3n) is 4.09. The summed E-state index contributed by atoms with van der Waals surface area (Å²) in [7, 11) is 4.15. The second kappa shape index (κ2) is 5.92. The number of ether oxygens (including phenoxy) is 1. The fourth-order valence-corrected chi connectivity index (χ4v) is 2.78. The summed E-state index contributed by atoms with van der Waals surface area (Å²) in [5.41, 5.74) is 8.50. The fraction of sp³-hybridized carbons (Fsp3) is 0.786. The molecule has 1 fully saturated rings. The lowest BCUT2D eigenvalue weighted by Crippen LogP contribution is -2.34. The summed E-state index contributed by atoms with van der Waals surface area (Å²) in [6.07, 6.45) is 2.97. The van der Waals surface area contributed by atoms with E-state index >= 15 is 0 Å². The van der Waals surface area contributed by atoms with E-state index in [9.17, 15) is 0 Å². The van der Waals surface area contributed by atoms with Gasteiger partial charge in [0.15, 0.2) is 0 Å². The predicted molar refractivity (Wildman–Crippen MR) is 77.5 cm³/mol. The summed E-state index contributed by atoms with van der Waals surface area (Å²) in [5, 5.41) is 4.57. The van der Waals surface area contributed by atoms with Crippen LogP contribution < -0.4 is 10.6 Å². The number of rotatable bonds is 5. The number of nitrogens with zero attached hydrogens (tertiary/aromatic N) is 3. The molecular weight excluding hydrogens is 240 g/mol. The molecule has 0 aliphatic carbocycles. The second-order valence-electron chi connectivity index (χ2n) is 5.51. The molecule has 1 aliphatic heterocycles. The van der Waals surface area contributed by atoms with Gasteiger partial charge >= 0.3 is 0 Å². The predicted octanol–water partition coefficient (Wildman–Crippen LogP) is 1.23. The van der Waals surface area contributed by atoms with E-state index in [0.717, 1.165) is 38.2 Å². The first-order valence-electron chi connectivity index (χ1n) is 7.13. The van der Waals surface area contributed by atoms with Crippen molar-refractivity contribution in [3.63, 3.8) is 0 Å². The molecule has 0 spiro atoms. The molecule has 0 amide bonds. The van der Waals surface area contributed by atoms with Crippen LogP contribution in [0.5, 0.6) is 0 Å². The van der Waals surface area contributed by atoms with E-state index in [1.807, 2.05) is 11.7 Å². The van der Waals surface area contributed by atoms with Crippen LogP contribution in [0.3, 0.4) is 0 Å². The zero-order chi connectivity index (χ0) is 14.0. The van der Waals surface area contributed by atoms with Gasteiger partial charge in [0.25, 0.3) is 0 Å². The molecule has 0 aromatic carbocycles. The molecule has 0 bridgehead atoms. The van der Waals surface area contributed by atoms with Crippen molar-refractivity contribution >= 4 is 5.82 Å². The van der Waals surface area contributed by atoms with Gasteiger partial charge in [-0.15, -0.1) is 0 Å². The number of hydrogen-bond acceptors (Lipinski definition) is 4. The normalized spacial score (nSPS) is 20.8. The Labute approximate surface area is 115 Å². The minimum atomic E-state index is 0.204. The standard InChI is InChI=1S/C14H26N4O/c1-5-11(15)8-13-10(2)16-18(4)14(13)17(3)12-6-7-19-9-12/h11-12H,5-9,15H2,1-4H3. The summed E-state index contributed by atoms with van der Waals surface area (Å²) in [5.74, 6) is 1.19. The molecule has 2 atom stereocenters. The van der Waals surface area contributed by atoms with Crippen LogP contribution >= 0.6 is 0 Å². The SMILES string of the molecule is CCC(N)Cc1c(C)nn(C)c1N(C)C1CCOC1. The van der Waals surface area contributed by atoms with Crippen LogP contribution in [0.1, 0.15) is 31.0 Å². The van der Waals surface area contributed by atoms with Crippen molar-refractivity contribution < 1.29 is 4.74 Å². The zero-order valence-electron chi connectivity index (χ0n) is 12.5. The van der Waals surface area contributed by atoms with Gasteiger partial charge in [0.2, 0.25) is 0 Å². The molecule has 0 saturated carbocycles. The van der Waals surface area contributed by atoms with Gasteiger partial charge in [-0.2, -0.15) is 5.10 Å². The van der Waals surface area contributed by atoms with Gasteiger partial charge in [0.05, 0.1) is 18.3 Å². The molecule has 2 heterocycles. The molecule has 5 heteroatoms. The molecule has 2 rings (SSSR count). The van der Waals surface area contributed by atoms with Crippen LogP contribution in [0.2, 0.25) is 0 Å². The topological polar surface area (TPSA) is 56.3 Å². The third-order valence-corrected chi connectivity index (χ3v) is 4.09. The van der Waals surface area contributed by atoms with Crippen LogP contribution in [0.25, 0.3) is 0 Å². The first kappa shape index (κ1) is 14.3. The molecule has 1 saturated heterocycles. The highest BCUT2D eigenvalue weighted by Crippen LogP contribution is 2.27. The summed E-state index contributed by atoms with van der Waals surface area (Å²) < 4.78 is 7.47. The van der Waals surface area contributed by atoms with Crippen LogP contribution in [-0.2, 0) is 18.2 Å². The van der Waals surface area contributed by atoms with Gasteiger partial charge in [-0.3, -0.25) is 4.68 Å². The Morgan fingerprint density at radius 2 is 2.32 bits per heavy atom. The number of aryl methyl sites for hydroxylation is 2. The van der Waals surface area contributed by atoms with E-state index in [1.54, 1.807) is 0 Å². The number of hydrogen-bond donors (Lipinski definition) is 1. The van der Waals surface area contributed by atoms with Crippen molar-refractivity contribution in [2.24, 2.45) is 12.8 Å². The van der Waals surface area contributed by atoms with Crippen LogP contribution in [0.15, 0.2) is 0 Å². The van der Waals surface area contributed by atoms with Gasteiger partial charge in [0, 0.05) is 32.3 Å². The van der Waals surface area contributed by atoms with Gasteiger partial charge in [-0.25, -0.2) is 0 Å². The highest BCUT2D eigenvalue weighted by atomic mass is 16.5. The number of aromatic nitrogens is 2. The minimum absolute atomic E-state index is 0.204. The molecule has 19 heavy (non-hydrogen) atoms. The van der Waals surface area contributed by atoms with Crippen LogP contribution in [0.4, 0.5) is 5.82 Å². The highest BCUT2D eigenvalue weighted by Gasteiger charge is 2.26. The summed E-state index contributed by atoms with van der Waals surface area (Å²) >= 11 is 0. The molecule has 1 aliphatic rings. The van der Waals surface area contributed by atoms with Crippen molar-refractivity contribution in [3.8, 4) is 0 Å². The van der Waals surface area contributed by atoms with Crippen molar-refractivity contribution in [2.75, 3.05) is 25.2 Å². The van der Waals surface area contributed by atoms with E-state index in [2.05, 4.69) is 30.9 Å². The Bertz CT molecular complexity index is 423. The van der Waals surface area contributed by atoms with Crippen molar-refractivity contribution in [3.05, 3.63) is 11.3 Å². The largest absolute Gasteiger partial charge is 0.379 e. The lowest BCUT2D eigenvalue weighted by Gasteiger charge is -2.27. The molecule has 2 unspecified atom stereocenters. The van der Waals surface area contributed by atoms with Crippen molar-refractivity contribution in [2.45, 2.75) is 45.2 Å². The molecule has 5 nitrogen and oxygen atoms in total. The lowest BCUT2D eigenvalue weighted by atomic mass is 10.0. The fourth-order valence-electron chi connectivity index (χ4n) is 2.78. The first-order chi connectivity index (χ1) is 9.04. The maximum Gasteiger partial charge on any atom is 0.130 e. The highest BCUT2D eigenvalue weighted by molar-refractivity contribution is 5.51. The van der Waals surface area contributed by atoms with E-state index in [0.29, 0.717) is 6.04 Å². The van der Waals surface area contributed by atoms with E-state index in [1.165, 1.54) is 11.4 Å². The Kier molecular flexibility index (Phi) is 4.47. The van der Waals surface area contributed by atoms with Crippen LogP contribution in [0, 0.1) is 6.92 Å². The molecule has 108 valence electrons. The zero-order valence-corrected chi connectivity index (χ0v) is 12.5.